The number of methoxy groups -OCH3 is 1. The molecule has 1 amide bonds. The molecular weight excluding hydrogens is 821 g/mol. The Labute approximate surface area is 377 Å². The molecular formula is C52H52N6O7. The Balaban J connectivity index is 0.848. The van der Waals surface area contributed by atoms with Crippen molar-refractivity contribution in [3.63, 3.8) is 0 Å². The van der Waals surface area contributed by atoms with Crippen LogP contribution < -0.4 is 20.9 Å². The van der Waals surface area contributed by atoms with E-state index in [0.29, 0.717) is 52.7 Å². The number of phenols is 1. The topological polar surface area (TPSA) is 179 Å². The van der Waals surface area contributed by atoms with Gasteiger partial charge in [0.05, 0.1) is 43.3 Å². The van der Waals surface area contributed by atoms with Crippen LogP contribution in [0.15, 0.2) is 144 Å². The minimum absolute atomic E-state index is 0.0782. The predicted molar refractivity (Wildman–Crippen MR) is 248 cm³/mol. The number of nitrogens with one attached hydrogen (secondary N) is 3. The van der Waals surface area contributed by atoms with Crippen molar-refractivity contribution >= 4 is 22.8 Å². The molecule has 332 valence electrons. The second kappa shape index (κ2) is 21.0. The van der Waals surface area contributed by atoms with Gasteiger partial charge in [-0.15, -0.1) is 0 Å². The number of carbonyl (C=O) groups is 2. The minimum Gasteiger partial charge on any atom is -0.506 e. The molecule has 5 aromatic carbocycles. The van der Waals surface area contributed by atoms with E-state index in [-0.39, 0.29) is 41.8 Å². The summed E-state index contributed by atoms with van der Waals surface area (Å²) in [5.41, 5.74) is 6.58. The molecule has 1 fully saturated rings. The number of aromatic amines is 1. The number of aromatic nitrogens is 3. The number of carbonyl (C=O) groups excluding carboxylic acids is 2. The average molecular weight is 873 g/mol. The lowest BCUT2D eigenvalue weighted by atomic mass is 9.90. The lowest BCUT2D eigenvalue weighted by Crippen LogP contribution is -2.35. The Bertz CT molecular complexity index is 2780. The lowest BCUT2D eigenvalue weighted by Gasteiger charge is -2.32. The molecule has 13 heteroatoms. The molecule has 0 saturated carbocycles. The standard InChI is InChI=1S/C52H52N6O7/c1-64-47-28-39(15-16-40(47)29-53-31-46(60)42-18-21-45(59)50-43(42)19-22-48(61)55-50)51(62)54-30-41-17-20-44(57-56-41)37-13-8-14-38(27-37)49(36-11-6-3-7-12-36)52(63)65-33-35-23-25-58(26-24-35)32-34-9-4-2-5-10-34/h2-22,27-28,35,46,49,53,59-60H,23-26,29-33H2,1H3,(H,54,62)(H,55,61). The van der Waals surface area contributed by atoms with Crippen LogP contribution in [0, 0.1) is 5.92 Å². The molecule has 1 aliphatic heterocycles. The number of amides is 1. The Hall–Kier alpha value is -7.19. The number of benzene rings is 5. The number of fused-ring (bicyclic) bond motifs is 1. The third-order valence-electron chi connectivity index (χ3n) is 11.9. The van der Waals surface area contributed by atoms with E-state index < -0.39 is 12.0 Å². The fourth-order valence-electron chi connectivity index (χ4n) is 8.34. The van der Waals surface area contributed by atoms with E-state index in [1.165, 1.54) is 24.8 Å². The zero-order valence-corrected chi connectivity index (χ0v) is 36.2. The van der Waals surface area contributed by atoms with Crippen LogP contribution in [0.3, 0.4) is 0 Å². The van der Waals surface area contributed by atoms with Gasteiger partial charge in [0.25, 0.3) is 5.91 Å². The number of phenolic OH excluding ortho intramolecular Hbond substituents is 1. The van der Waals surface area contributed by atoms with Gasteiger partial charge in [-0.2, -0.15) is 10.2 Å². The molecule has 3 heterocycles. The highest BCUT2D eigenvalue weighted by atomic mass is 16.5. The number of rotatable bonds is 17. The maximum absolute atomic E-state index is 13.9. The zero-order chi connectivity index (χ0) is 45.1. The van der Waals surface area contributed by atoms with Crippen molar-refractivity contribution < 1.29 is 29.3 Å². The van der Waals surface area contributed by atoms with Crippen LogP contribution in [0.2, 0.25) is 0 Å². The summed E-state index contributed by atoms with van der Waals surface area (Å²) in [6.07, 6.45) is 1.03. The maximum atomic E-state index is 13.9. The van der Waals surface area contributed by atoms with Crippen LogP contribution >= 0.6 is 0 Å². The van der Waals surface area contributed by atoms with Crippen molar-refractivity contribution in [2.45, 2.75) is 44.5 Å². The first-order valence-corrected chi connectivity index (χ1v) is 21.8. The van der Waals surface area contributed by atoms with Crippen molar-refractivity contribution in [3.8, 4) is 22.8 Å². The summed E-state index contributed by atoms with van der Waals surface area (Å²) in [4.78, 5) is 44.0. The van der Waals surface area contributed by atoms with Gasteiger partial charge in [-0.05, 0) is 96.6 Å². The lowest BCUT2D eigenvalue weighted by molar-refractivity contribution is -0.146. The second-order valence-electron chi connectivity index (χ2n) is 16.4. The normalized spacial score (nSPS) is 14.1. The molecule has 5 N–H and O–H groups in total. The number of aliphatic hydroxyl groups excluding tert-OH is 1. The second-order valence-corrected chi connectivity index (χ2v) is 16.4. The Kier molecular flexibility index (Phi) is 14.3. The highest BCUT2D eigenvalue weighted by molar-refractivity contribution is 5.94. The number of aliphatic hydroxyl groups is 1. The van der Waals surface area contributed by atoms with Crippen molar-refractivity contribution in [1.29, 1.82) is 0 Å². The van der Waals surface area contributed by atoms with Crippen LogP contribution in [0.25, 0.3) is 22.2 Å². The first kappa shape index (κ1) is 44.4. The summed E-state index contributed by atoms with van der Waals surface area (Å²) in [6.45, 7) is 3.92. The third-order valence-corrected chi connectivity index (χ3v) is 11.9. The molecule has 2 unspecified atom stereocenters. The van der Waals surface area contributed by atoms with E-state index in [0.717, 1.165) is 54.7 Å². The first-order valence-electron chi connectivity index (χ1n) is 21.8. The quantitative estimate of drug-likeness (QED) is 0.0593. The number of aromatic hydroxyl groups is 1. The Morgan fingerprint density at radius 2 is 1.60 bits per heavy atom. The number of likely N-dealkylation sites (tertiary alicyclic amines) is 1. The molecule has 2 aromatic heterocycles. The van der Waals surface area contributed by atoms with Gasteiger partial charge in [-0.25, -0.2) is 0 Å². The van der Waals surface area contributed by atoms with Gasteiger partial charge in [-0.1, -0.05) is 91.0 Å². The zero-order valence-electron chi connectivity index (χ0n) is 36.2. The molecule has 0 spiro atoms. The van der Waals surface area contributed by atoms with Gasteiger partial charge in [0.2, 0.25) is 5.56 Å². The van der Waals surface area contributed by atoms with Gasteiger partial charge >= 0.3 is 5.97 Å². The van der Waals surface area contributed by atoms with Gasteiger partial charge in [0.1, 0.15) is 17.4 Å². The number of esters is 1. The fourth-order valence-corrected chi connectivity index (χ4v) is 8.34. The van der Waals surface area contributed by atoms with Crippen LogP contribution in [0.4, 0.5) is 0 Å². The highest BCUT2D eigenvalue weighted by Gasteiger charge is 2.27. The van der Waals surface area contributed by atoms with Crippen molar-refractivity contribution in [3.05, 3.63) is 189 Å². The van der Waals surface area contributed by atoms with Gasteiger partial charge in [0, 0.05) is 47.8 Å². The summed E-state index contributed by atoms with van der Waals surface area (Å²) in [5, 5.41) is 36.7. The summed E-state index contributed by atoms with van der Waals surface area (Å²) in [6, 6.07) is 42.7. The van der Waals surface area contributed by atoms with E-state index >= 15 is 0 Å². The first-order chi connectivity index (χ1) is 31.7. The van der Waals surface area contributed by atoms with Crippen LogP contribution in [0.1, 0.15) is 68.7 Å². The molecule has 0 bridgehead atoms. The number of hydrogen-bond donors (Lipinski definition) is 5. The third kappa shape index (κ3) is 11.1. The van der Waals surface area contributed by atoms with E-state index in [9.17, 15) is 24.6 Å². The molecule has 13 nitrogen and oxygen atoms in total. The number of H-pyrrole nitrogens is 1. The maximum Gasteiger partial charge on any atom is 0.317 e. The highest BCUT2D eigenvalue weighted by Crippen LogP contribution is 2.31. The van der Waals surface area contributed by atoms with E-state index in [2.05, 4.69) is 55.0 Å². The van der Waals surface area contributed by atoms with Crippen LogP contribution in [0.5, 0.6) is 11.5 Å². The van der Waals surface area contributed by atoms with E-state index in [1.807, 2.05) is 72.8 Å². The summed E-state index contributed by atoms with van der Waals surface area (Å²) in [5.74, 6) is -0.475. The molecule has 8 rings (SSSR count). The number of pyridine rings is 1. The summed E-state index contributed by atoms with van der Waals surface area (Å²) < 4.78 is 11.7. The molecule has 7 aromatic rings. The van der Waals surface area contributed by atoms with Crippen LogP contribution in [-0.4, -0.2) is 75.5 Å². The number of hydrogen-bond acceptors (Lipinski definition) is 11. The smallest absolute Gasteiger partial charge is 0.317 e. The van der Waals surface area contributed by atoms with E-state index in [1.54, 1.807) is 30.3 Å². The summed E-state index contributed by atoms with van der Waals surface area (Å²) >= 11 is 0. The molecule has 2 atom stereocenters. The summed E-state index contributed by atoms with van der Waals surface area (Å²) in [7, 11) is 1.53. The minimum atomic E-state index is -0.931. The van der Waals surface area contributed by atoms with E-state index in [4.69, 9.17) is 9.47 Å². The van der Waals surface area contributed by atoms with Gasteiger partial charge in [0.15, 0.2) is 0 Å². The number of nitrogens with zero attached hydrogens (tertiary/aromatic N) is 3. The molecule has 65 heavy (non-hydrogen) atoms. The molecule has 1 saturated heterocycles. The number of ether oxygens (including phenoxy) is 2. The van der Waals surface area contributed by atoms with Crippen molar-refractivity contribution in [1.82, 2.24) is 30.7 Å². The Morgan fingerprint density at radius 1 is 0.831 bits per heavy atom. The van der Waals surface area contributed by atoms with Gasteiger partial charge < -0.3 is 35.3 Å². The van der Waals surface area contributed by atoms with Crippen molar-refractivity contribution in [2.75, 3.05) is 33.4 Å². The predicted octanol–water partition coefficient (Wildman–Crippen LogP) is 7.04. The van der Waals surface area contributed by atoms with Gasteiger partial charge in [-0.3, -0.25) is 19.3 Å². The monoisotopic (exact) mass is 872 g/mol. The van der Waals surface area contributed by atoms with Crippen molar-refractivity contribution in [2.24, 2.45) is 5.92 Å². The largest absolute Gasteiger partial charge is 0.506 e. The van der Waals surface area contributed by atoms with Crippen LogP contribution in [-0.2, 0) is 29.2 Å². The SMILES string of the molecule is COc1cc(C(=O)NCc2ccc(-c3cccc(C(C(=O)OCC4CCN(Cc5ccccc5)CC4)c4ccccc4)c3)nn2)ccc1CNCC(O)c1ccc(O)c2[nH]c(=O)ccc12. The molecule has 0 radical (unpaired) electrons. The fraction of sp³-hybridized carbons (Fsp3) is 0.250. The molecule has 0 aliphatic carbocycles. The average Bonchev–Trinajstić information content (AvgIpc) is 3.34. The Morgan fingerprint density at radius 3 is 2.35 bits per heavy atom. The number of piperidine rings is 1. The molecule has 1 aliphatic rings.